The van der Waals surface area contributed by atoms with Crippen LogP contribution in [0.3, 0.4) is 0 Å². The summed E-state index contributed by atoms with van der Waals surface area (Å²) in [5.41, 5.74) is 0.699. The number of aliphatic hydroxyl groups excluding tert-OH is 1. The van der Waals surface area contributed by atoms with Crippen molar-refractivity contribution >= 4 is 0 Å². The highest BCUT2D eigenvalue weighted by Gasteiger charge is 2.32. The van der Waals surface area contributed by atoms with E-state index in [1.807, 2.05) is 0 Å². The summed E-state index contributed by atoms with van der Waals surface area (Å²) in [4.78, 5) is 3.98. The molecule has 1 N–H and O–H groups in total. The lowest BCUT2D eigenvalue weighted by Crippen LogP contribution is -2.06. The van der Waals surface area contributed by atoms with Gasteiger partial charge in [-0.2, -0.15) is 13.2 Å². The van der Waals surface area contributed by atoms with Crippen LogP contribution in [-0.2, 0) is 12.6 Å². The minimum Gasteiger partial charge on any atom is -0.388 e. The maximum Gasteiger partial charge on any atom is 0.416 e. The second-order valence-corrected chi connectivity index (χ2v) is 5.01. The number of alkyl halides is 3. The van der Waals surface area contributed by atoms with Crippen molar-refractivity contribution in [3.63, 3.8) is 0 Å². The van der Waals surface area contributed by atoms with Gasteiger partial charge in [0.05, 0.1) is 11.7 Å². The molecule has 1 atom stereocenters. The number of aryl methyl sites for hydroxylation is 1. The minimum atomic E-state index is -4.59. The van der Waals surface area contributed by atoms with Gasteiger partial charge in [-0.1, -0.05) is 6.07 Å². The first-order valence-corrected chi connectivity index (χ1v) is 6.40. The Kier molecular flexibility index (Phi) is 3.20. The van der Waals surface area contributed by atoms with Crippen molar-refractivity contribution in [2.75, 3.05) is 0 Å². The predicted octanol–water partition coefficient (Wildman–Crippen LogP) is 3.89. The lowest BCUT2D eigenvalue weighted by atomic mass is 9.97. The number of aromatic nitrogens is 1. The SMILES string of the molecule is OC1CCc2cncc(-c3ccc(C(F)(F)F)cc3F)c21. The Morgan fingerprint density at radius 1 is 1.14 bits per heavy atom. The first-order chi connectivity index (χ1) is 9.88. The van der Waals surface area contributed by atoms with Crippen LogP contribution in [0.25, 0.3) is 11.1 Å². The predicted molar refractivity (Wildman–Crippen MR) is 67.9 cm³/mol. The molecule has 21 heavy (non-hydrogen) atoms. The molecule has 0 spiro atoms. The number of rotatable bonds is 1. The fourth-order valence-corrected chi connectivity index (χ4v) is 2.67. The number of nitrogens with zero attached hydrogens (tertiary/aromatic N) is 1. The van der Waals surface area contributed by atoms with E-state index in [0.29, 0.717) is 30.0 Å². The van der Waals surface area contributed by atoms with E-state index in [1.54, 1.807) is 6.20 Å². The Bertz CT molecular complexity index is 697. The van der Waals surface area contributed by atoms with Crippen molar-refractivity contribution in [2.24, 2.45) is 0 Å². The third-order valence-corrected chi connectivity index (χ3v) is 3.68. The van der Waals surface area contributed by atoms with Gasteiger partial charge in [-0.3, -0.25) is 4.98 Å². The summed E-state index contributed by atoms with van der Waals surface area (Å²) < 4.78 is 51.7. The van der Waals surface area contributed by atoms with Gasteiger partial charge in [0.15, 0.2) is 0 Å². The number of aliphatic hydroxyl groups is 1. The minimum absolute atomic E-state index is 0.0216. The lowest BCUT2D eigenvalue weighted by molar-refractivity contribution is -0.137. The molecule has 3 rings (SSSR count). The lowest BCUT2D eigenvalue weighted by Gasteiger charge is -2.13. The summed E-state index contributed by atoms with van der Waals surface area (Å²) in [6, 6.07) is 2.38. The first-order valence-electron chi connectivity index (χ1n) is 6.40. The van der Waals surface area contributed by atoms with Gasteiger partial charge in [0.25, 0.3) is 0 Å². The van der Waals surface area contributed by atoms with Crippen LogP contribution in [0.15, 0.2) is 30.6 Å². The first kappa shape index (κ1) is 14.0. The Hall–Kier alpha value is -1.95. The number of hydrogen-bond acceptors (Lipinski definition) is 2. The van der Waals surface area contributed by atoms with E-state index in [9.17, 15) is 22.7 Å². The Labute approximate surface area is 118 Å². The molecule has 1 heterocycles. The van der Waals surface area contributed by atoms with Crippen LogP contribution in [0.5, 0.6) is 0 Å². The van der Waals surface area contributed by atoms with Gasteiger partial charge in [0.2, 0.25) is 0 Å². The molecule has 0 amide bonds. The van der Waals surface area contributed by atoms with Crippen molar-refractivity contribution < 1.29 is 22.7 Å². The molecule has 0 fully saturated rings. The summed E-state index contributed by atoms with van der Waals surface area (Å²) >= 11 is 0. The van der Waals surface area contributed by atoms with Gasteiger partial charge in [-0.05, 0) is 36.1 Å². The Morgan fingerprint density at radius 2 is 1.90 bits per heavy atom. The molecule has 6 heteroatoms. The molecule has 0 saturated heterocycles. The van der Waals surface area contributed by atoms with Gasteiger partial charge in [0, 0.05) is 23.5 Å². The molecular weight excluding hydrogens is 286 g/mol. The molecule has 0 aliphatic heterocycles. The summed E-state index contributed by atoms with van der Waals surface area (Å²) in [7, 11) is 0. The molecule has 110 valence electrons. The van der Waals surface area contributed by atoms with Gasteiger partial charge in [0.1, 0.15) is 5.82 Å². The van der Waals surface area contributed by atoms with E-state index < -0.39 is 23.7 Å². The van der Waals surface area contributed by atoms with E-state index in [0.717, 1.165) is 17.7 Å². The van der Waals surface area contributed by atoms with Gasteiger partial charge in [-0.25, -0.2) is 4.39 Å². The van der Waals surface area contributed by atoms with Gasteiger partial charge in [-0.15, -0.1) is 0 Å². The van der Waals surface area contributed by atoms with E-state index >= 15 is 0 Å². The number of pyridine rings is 1. The third-order valence-electron chi connectivity index (χ3n) is 3.68. The van der Waals surface area contributed by atoms with E-state index in [1.165, 1.54) is 6.20 Å². The average molecular weight is 297 g/mol. The summed E-state index contributed by atoms with van der Waals surface area (Å²) in [5, 5.41) is 9.97. The normalized spacial score (nSPS) is 17.9. The monoisotopic (exact) mass is 297 g/mol. The maximum absolute atomic E-state index is 14.1. The zero-order valence-corrected chi connectivity index (χ0v) is 10.8. The van der Waals surface area contributed by atoms with Crippen molar-refractivity contribution in [2.45, 2.75) is 25.1 Å². The van der Waals surface area contributed by atoms with Crippen LogP contribution in [-0.4, -0.2) is 10.1 Å². The molecule has 1 aliphatic carbocycles. The fourth-order valence-electron chi connectivity index (χ4n) is 2.67. The van der Waals surface area contributed by atoms with E-state index in [-0.39, 0.29) is 5.56 Å². The number of benzene rings is 1. The molecule has 2 aromatic rings. The standard InChI is InChI=1S/C15H11F4NO/c16-12-5-9(15(17,18)19)2-3-10(12)11-7-20-6-8-1-4-13(21)14(8)11/h2-3,5-7,13,21H,1,4H2. The fraction of sp³-hybridized carbons (Fsp3) is 0.267. The highest BCUT2D eigenvalue weighted by molar-refractivity contribution is 5.70. The molecule has 1 aromatic carbocycles. The molecule has 0 bridgehead atoms. The van der Waals surface area contributed by atoms with Gasteiger partial charge < -0.3 is 5.11 Å². The van der Waals surface area contributed by atoms with Crippen LogP contribution in [0, 0.1) is 5.82 Å². The third kappa shape index (κ3) is 2.40. The van der Waals surface area contributed by atoms with Crippen LogP contribution in [0.1, 0.15) is 29.2 Å². The summed E-state index contributed by atoms with van der Waals surface area (Å²) in [6.07, 6.45) is -1.22. The highest BCUT2D eigenvalue weighted by Crippen LogP contribution is 2.39. The molecule has 0 radical (unpaired) electrons. The quantitative estimate of drug-likeness (QED) is 0.810. The van der Waals surface area contributed by atoms with Crippen molar-refractivity contribution in [1.82, 2.24) is 4.98 Å². The summed E-state index contributed by atoms with van der Waals surface area (Å²) in [6.45, 7) is 0. The zero-order chi connectivity index (χ0) is 15.2. The zero-order valence-electron chi connectivity index (χ0n) is 10.8. The van der Waals surface area contributed by atoms with Gasteiger partial charge >= 0.3 is 6.18 Å². The van der Waals surface area contributed by atoms with Crippen LogP contribution >= 0.6 is 0 Å². The van der Waals surface area contributed by atoms with Crippen molar-refractivity contribution in [3.8, 4) is 11.1 Å². The molecule has 2 nitrogen and oxygen atoms in total. The summed E-state index contributed by atoms with van der Waals surface area (Å²) in [5.74, 6) is -0.973. The topological polar surface area (TPSA) is 33.1 Å². The highest BCUT2D eigenvalue weighted by atomic mass is 19.4. The maximum atomic E-state index is 14.1. The molecule has 1 unspecified atom stereocenters. The molecule has 1 aromatic heterocycles. The molecule has 0 saturated carbocycles. The van der Waals surface area contributed by atoms with E-state index in [4.69, 9.17) is 0 Å². The van der Waals surface area contributed by atoms with Crippen LogP contribution in [0.2, 0.25) is 0 Å². The Balaban J connectivity index is 2.13. The number of halogens is 4. The van der Waals surface area contributed by atoms with Crippen LogP contribution in [0.4, 0.5) is 17.6 Å². The number of fused-ring (bicyclic) bond motifs is 1. The molecular formula is C15H11F4NO. The van der Waals surface area contributed by atoms with Crippen LogP contribution < -0.4 is 0 Å². The average Bonchev–Trinajstić information content (AvgIpc) is 2.80. The molecule has 1 aliphatic rings. The second kappa shape index (κ2) is 4.80. The Morgan fingerprint density at radius 3 is 2.57 bits per heavy atom. The smallest absolute Gasteiger partial charge is 0.388 e. The van der Waals surface area contributed by atoms with Crippen molar-refractivity contribution in [1.29, 1.82) is 0 Å². The number of hydrogen-bond donors (Lipinski definition) is 1. The van der Waals surface area contributed by atoms with Crippen molar-refractivity contribution in [3.05, 3.63) is 53.1 Å². The van der Waals surface area contributed by atoms with E-state index in [2.05, 4.69) is 4.98 Å². The largest absolute Gasteiger partial charge is 0.416 e. The second-order valence-electron chi connectivity index (χ2n) is 5.01.